The minimum atomic E-state index is -0.0507. The van der Waals surface area contributed by atoms with Crippen molar-refractivity contribution in [3.05, 3.63) is 17.8 Å². The Morgan fingerprint density at radius 3 is 3.13 bits per heavy atom. The molecule has 0 bridgehead atoms. The van der Waals surface area contributed by atoms with Gasteiger partial charge in [0.05, 0.1) is 12.2 Å². The van der Waals surface area contributed by atoms with E-state index in [4.69, 9.17) is 10.2 Å². The normalized spacial score (nSPS) is 24.0. The lowest BCUT2D eigenvalue weighted by Crippen LogP contribution is -2.12. The fourth-order valence-corrected chi connectivity index (χ4v) is 3.09. The molecule has 0 amide bonds. The minimum absolute atomic E-state index is 0.0507. The second-order valence-electron chi connectivity index (χ2n) is 4.14. The molecule has 2 rings (SSSR count). The number of oxazole rings is 1. The standard InChI is InChI=1S/C11H18N2OS/c1-8(12)10-7-13-11(14-10)6-9-4-2-3-5-15-9/h7-9H,2-6,12H2,1H3. The molecular weight excluding hydrogens is 208 g/mol. The summed E-state index contributed by atoms with van der Waals surface area (Å²) in [7, 11) is 0. The molecule has 1 fully saturated rings. The molecule has 4 heteroatoms. The van der Waals surface area contributed by atoms with Gasteiger partial charge >= 0.3 is 0 Å². The molecule has 2 atom stereocenters. The molecule has 2 N–H and O–H groups in total. The van der Waals surface area contributed by atoms with E-state index in [1.807, 2.05) is 18.7 Å². The zero-order valence-corrected chi connectivity index (χ0v) is 9.93. The van der Waals surface area contributed by atoms with Gasteiger partial charge in [-0.1, -0.05) is 6.42 Å². The van der Waals surface area contributed by atoms with Crippen LogP contribution in [-0.4, -0.2) is 16.0 Å². The van der Waals surface area contributed by atoms with Crippen molar-refractivity contribution < 1.29 is 4.42 Å². The van der Waals surface area contributed by atoms with E-state index < -0.39 is 0 Å². The van der Waals surface area contributed by atoms with Gasteiger partial charge in [-0.05, 0) is 25.5 Å². The van der Waals surface area contributed by atoms with Crippen LogP contribution in [0.3, 0.4) is 0 Å². The number of hydrogen-bond acceptors (Lipinski definition) is 4. The fourth-order valence-electron chi connectivity index (χ4n) is 1.79. The van der Waals surface area contributed by atoms with Gasteiger partial charge in [-0.2, -0.15) is 11.8 Å². The lowest BCUT2D eigenvalue weighted by molar-refractivity contribution is 0.428. The predicted octanol–water partition coefficient (Wildman–Crippen LogP) is 2.52. The zero-order valence-electron chi connectivity index (χ0n) is 9.11. The van der Waals surface area contributed by atoms with Gasteiger partial charge in [0.25, 0.3) is 0 Å². The second-order valence-corrected chi connectivity index (χ2v) is 5.55. The molecule has 1 saturated heterocycles. The van der Waals surface area contributed by atoms with E-state index in [-0.39, 0.29) is 6.04 Å². The van der Waals surface area contributed by atoms with Crippen molar-refractivity contribution in [2.45, 2.75) is 43.9 Å². The Labute approximate surface area is 94.8 Å². The zero-order chi connectivity index (χ0) is 10.7. The summed E-state index contributed by atoms with van der Waals surface area (Å²) in [5.41, 5.74) is 5.72. The molecule has 2 heterocycles. The van der Waals surface area contributed by atoms with Gasteiger partial charge < -0.3 is 10.2 Å². The van der Waals surface area contributed by atoms with Gasteiger partial charge in [0.2, 0.25) is 0 Å². The van der Waals surface area contributed by atoms with Gasteiger partial charge in [0, 0.05) is 11.7 Å². The largest absolute Gasteiger partial charge is 0.444 e. The fraction of sp³-hybridized carbons (Fsp3) is 0.727. The lowest BCUT2D eigenvalue weighted by Gasteiger charge is -2.19. The Balaban J connectivity index is 1.91. The van der Waals surface area contributed by atoms with Crippen LogP contribution >= 0.6 is 11.8 Å². The third kappa shape index (κ3) is 2.98. The SMILES string of the molecule is CC(N)c1cnc(CC2CCCCS2)o1. The number of rotatable bonds is 3. The van der Waals surface area contributed by atoms with Crippen LogP contribution in [-0.2, 0) is 6.42 Å². The third-order valence-electron chi connectivity index (χ3n) is 2.70. The van der Waals surface area contributed by atoms with Crippen LogP contribution in [0.4, 0.5) is 0 Å². The Morgan fingerprint density at radius 1 is 1.67 bits per heavy atom. The first kappa shape index (κ1) is 11.0. The summed E-state index contributed by atoms with van der Waals surface area (Å²) in [6.45, 7) is 1.92. The summed E-state index contributed by atoms with van der Waals surface area (Å²) in [5, 5.41) is 0.693. The van der Waals surface area contributed by atoms with Gasteiger partial charge in [0.1, 0.15) is 5.76 Å². The summed E-state index contributed by atoms with van der Waals surface area (Å²) in [5.74, 6) is 2.93. The van der Waals surface area contributed by atoms with E-state index in [1.165, 1.54) is 25.0 Å². The van der Waals surface area contributed by atoms with Crippen molar-refractivity contribution in [3.8, 4) is 0 Å². The molecule has 1 aromatic rings. The highest BCUT2D eigenvalue weighted by Crippen LogP contribution is 2.28. The van der Waals surface area contributed by atoms with E-state index in [0.29, 0.717) is 5.25 Å². The van der Waals surface area contributed by atoms with E-state index in [9.17, 15) is 0 Å². The van der Waals surface area contributed by atoms with Crippen LogP contribution in [0.2, 0.25) is 0 Å². The maximum atomic E-state index is 5.72. The molecule has 0 spiro atoms. The van der Waals surface area contributed by atoms with E-state index in [0.717, 1.165) is 18.1 Å². The highest BCUT2D eigenvalue weighted by molar-refractivity contribution is 7.99. The quantitative estimate of drug-likeness (QED) is 0.860. The maximum Gasteiger partial charge on any atom is 0.195 e. The average molecular weight is 226 g/mol. The number of hydrogen-bond donors (Lipinski definition) is 1. The molecule has 1 aliphatic rings. The molecule has 2 unspecified atom stereocenters. The number of aromatic nitrogens is 1. The summed E-state index contributed by atoms with van der Waals surface area (Å²) in [6.07, 6.45) is 6.71. The van der Waals surface area contributed by atoms with Gasteiger partial charge in [-0.25, -0.2) is 4.98 Å². The predicted molar refractivity (Wildman–Crippen MR) is 62.9 cm³/mol. The first-order chi connectivity index (χ1) is 7.25. The van der Waals surface area contributed by atoms with Crippen molar-refractivity contribution in [1.29, 1.82) is 0 Å². The molecule has 1 aromatic heterocycles. The topological polar surface area (TPSA) is 52.0 Å². The first-order valence-electron chi connectivity index (χ1n) is 5.57. The maximum absolute atomic E-state index is 5.72. The van der Waals surface area contributed by atoms with Crippen LogP contribution in [0, 0.1) is 0 Å². The highest BCUT2D eigenvalue weighted by atomic mass is 32.2. The minimum Gasteiger partial charge on any atom is -0.444 e. The number of nitrogens with zero attached hydrogens (tertiary/aromatic N) is 1. The summed E-state index contributed by atoms with van der Waals surface area (Å²) in [4.78, 5) is 4.27. The third-order valence-corrected chi connectivity index (χ3v) is 4.09. The molecule has 1 aliphatic heterocycles. The molecule has 0 saturated carbocycles. The average Bonchev–Trinajstić information content (AvgIpc) is 2.68. The molecule has 84 valence electrons. The molecular formula is C11H18N2OS. The molecule has 0 aromatic carbocycles. The number of thioether (sulfide) groups is 1. The number of nitrogens with two attached hydrogens (primary N) is 1. The van der Waals surface area contributed by atoms with E-state index in [2.05, 4.69) is 4.98 Å². The molecule has 0 radical (unpaired) electrons. The van der Waals surface area contributed by atoms with Crippen LogP contribution in [0.1, 0.15) is 43.9 Å². The summed E-state index contributed by atoms with van der Waals surface area (Å²) >= 11 is 2.04. The van der Waals surface area contributed by atoms with Crippen molar-refractivity contribution in [3.63, 3.8) is 0 Å². The molecule has 0 aliphatic carbocycles. The Bertz CT molecular complexity index is 305. The van der Waals surface area contributed by atoms with Crippen molar-refractivity contribution in [1.82, 2.24) is 4.98 Å². The van der Waals surface area contributed by atoms with Gasteiger partial charge in [0.15, 0.2) is 5.89 Å². The Kier molecular flexibility index (Phi) is 3.70. The van der Waals surface area contributed by atoms with Crippen LogP contribution in [0.15, 0.2) is 10.6 Å². The van der Waals surface area contributed by atoms with Crippen LogP contribution < -0.4 is 5.73 Å². The molecule has 15 heavy (non-hydrogen) atoms. The monoisotopic (exact) mass is 226 g/mol. The van der Waals surface area contributed by atoms with Crippen molar-refractivity contribution >= 4 is 11.8 Å². The molecule has 3 nitrogen and oxygen atoms in total. The van der Waals surface area contributed by atoms with Crippen LogP contribution in [0.5, 0.6) is 0 Å². The Morgan fingerprint density at radius 2 is 2.53 bits per heavy atom. The van der Waals surface area contributed by atoms with Gasteiger partial charge in [-0.3, -0.25) is 0 Å². The van der Waals surface area contributed by atoms with Crippen molar-refractivity contribution in [2.24, 2.45) is 5.73 Å². The summed E-state index contributed by atoms with van der Waals surface area (Å²) < 4.78 is 5.60. The van der Waals surface area contributed by atoms with Crippen LogP contribution in [0.25, 0.3) is 0 Å². The van der Waals surface area contributed by atoms with Gasteiger partial charge in [-0.15, -0.1) is 0 Å². The van der Waals surface area contributed by atoms with Crippen molar-refractivity contribution in [2.75, 3.05) is 5.75 Å². The second kappa shape index (κ2) is 5.03. The smallest absolute Gasteiger partial charge is 0.195 e. The lowest BCUT2D eigenvalue weighted by atomic mass is 10.1. The first-order valence-corrected chi connectivity index (χ1v) is 6.62. The summed E-state index contributed by atoms with van der Waals surface area (Å²) in [6, 6.07) is -0.0507. The Hall–Kier alpha value is -0.480. The van der Waals surface area contributed by atoms with E-state index >= 15 is 0 Å². The van der Waals surface area contributed by atoms with E-state index in [1.54, 1.807) is 6.20 Å². The highest BCUT2D eigenvalue weighted by Gasteiger charge is 2.17.